The van der Waals surface area contributed by atoms with Crippen LogP contribution in [0.15, 0.2) is 23.0 Å². The van der Waals surface area contributed by atoms with E-state index in [1.165, 1.54) is 22.3 Å². The van der Waals surface area contributed by atoms with E-state index < -0.39 is 17.6 Å². The van der Waals surface area contributed by atoms with Crippen LogP contribution in [0, 0.1) is 0 Å². The number of thiophene rings is 1. The quantitative estimate of drug-likeness (QED) is 0.723. The number of carbonyl (C=O) groups is 1. The largest absolute Gasteiger partial charge is 0.471 e. The predicted octanol–water partition coefficient (Wildman–Crippen LogP) is 2.99. The molecule has 0 aliphatic heterocycles. The molecule has 0 bridgehead atoms. The van der Waals surface area contributed by atoms with Crippen molar-refractivity contribution in [2.45, 2.75) is 39.0 Å². The number of hydrogen-bond acceptors (Lipinski definition) is 7. The van der Waals surface area contributed by atoms with E-state index in [9.17, 15) is 18.0 Å². The number of alkyl halides is 3. The Morgan fingerprint density at radius 1 is 1.30 bits per heavy atom. The lowest BCUT2D eigenvalue weighted by atomic mass is 10.1. The molecule has 3 heterocycles. The molecule has 3 aromatic rings. The standard InChI is InChI=1S/C15H15F3N6O2S/c1-14(2,3)21-12(25)11-19-7-24(22-11)6-8-4-5-9(27-8)10-20-13(26-23-10)15(16,17)18/h4-5,7H,6H2,1-3H3,(H,21,25). The van der Waals surface area contributed by atoms with E-state index in [4.69, 9.17) is 0 Å². The smallest absolute Gasteiger partial charge is 0.345 e. The molecule has 0 unspecified atom stereocenters. The van der Waals surface area contributed by atoms with Crippen LogP contribution in [0.5, 0.6) is 0 Å². The topological polar surface area (TPSA) is 98.7 Å². The van der Waals surface area contributed by atoms with Gasteiger partial charge in [-0.15, -0.1) is 16.4 Å². The van der Waals surface area contributed by atoms with Crippen molar-refractivity contribution in [3.8, 4) is 10.7 Å². The number of hydrogen-bond donors (Lipinski definition) is 1. The Morgan fingerprint density at radius 3 is 2.67 bits per heavy atom. The van der Waals surface area contributed by atoms with E-state index in [0.29, 0.717) is 11.4 Å². The van der Waals surface area contributed by atoms with Gasteiger partial charge in [-0.3, -0.25) is 4.79 Å². The van der Waals surface area contributed by atoms with Gasteiger partial charge in [-0.2, -0.15) is 18.2 Å². The highest BCUT2D eigenvalue weighted by molar-refractivity contribution is 7.15. The molecule has 0 spiro atoms. The maximum absolute atomic E-state index is 12.5. The molecular formula is C15H15F3N6O2S. The molecule has 0 aromatic carbocycles. The zero-order chi connectivity index (χ0) is 19.8. The first-order valence-corrected chi connectivity index (χ1v) is 8.55. The molecule has 3 rings (SSSR count). The van der Waals surface area contributed by atoms with Crippen molar-refractivity contribution in [3.05, 3.63) is 35.1 Å². The number of halogens is 3. The Kier molecular flexibility index (Phi) is 4.76. The van der Waals surface area contributed by atoms with Crippen LogP contribution in [0.25, 0.3) is 10.7 Å². The number of nitrogens with one attached hydrogen (secondary N) is 1. The fraction of sp³-hybridized carbons (Fsp3) is 0.400. The molecule has 1 amide bonds. The summed E-state index contributed by atoms with van der Waals surface area (Å²) in [5.74, 6) is -1.88. The highest BCUT2D eigenvalue weighted by Gasteiger charge is 2.38. The van der Waals surface area contributed by atoms with Gasteiger partial charge in [0.25, 0.3) is 5.91 Å². The van der Waals surface area contributed by atoms with E-state index in [2.05, 4.69) is 30.1 Å². The Balaban J connectivity index is 1.70. The van der Waals surface area contributed by atoms with Crippen LogP contribution in [-0.2, 0) is 12.7 Å². The first-order chi connectivity index (χ1) is 12.5. The van der Waals surface area contributed by atoms with Crippen LogP contribution >= 0.6 is 11.3 Å². The second-order valence-corrected chi connectivity index (χ2v) is 7.83. The first-order valence-electron chi connectivity index (χ1n) is 7.73. The highest BCUT2D eigenvalue weighted by Crippen LogP contribution is 2.31. The highest BCUT2D eigenvalue weighted by atomic mass is 32.1. The lowest BCUT2D eigenvalue weighted by molar-refractivity contribution is -0.159. The second-order valence-electron chi connectivity index (χ2n) is 6.66. The molecule has 0 saturated heterocycles. The summed E-state index contributed by atoms with van der Waals surface area (Å²) in [5, 5.41) is 10.2. The van der Waals surface area contributed by atoms with Gasteiger partial charge < -0.3 is 9.84 Å². The van der Waals surface area contributed by atoms with Crippen LogP contribution in [0.3, 0.4) is 0 Å². The van der Waals surface area contributed by atoms with E-state index in [0.717, 1.165) is 4.88 Å². The zero-order valence-corrected chi connectivity index (χ0v) is 15.4. The molecule has 8 nitrogen and oxygen atoms in total. The van der Waals surface area contributed by atoms with Gasteiger partial charge in [0.1, 0.15) is 6.33 Å². The maximum Gasteiger partial charge on any atom is 0.471 e. The van der Waals surface area contributed by atoms with Crippen molar-refractivity contribution < 1.29 is 22.5 Å². The molecule has 0 aliphatic rings. The van der Waals surface area contributed by atoms with Gasteiger partial charge in [-0.1, -0.05) is 5.16 Å². The maximum atomic E-state index is 12.5. The lowest BCUT2D eigenvalue weighted by Gasteiger charge is -2.18. The number of nitrogens with zero attached hydrogens (tertiary/aromatic N) is 5. The molecule has 3 aromatic heterocycles. The summed E-state index contributed by atoms with van der Waals surface area (Å²) in [6, 6.07) is 3.30. The van der Waals surface area contributed by atoms with Crippen molar-refractivity contribution in [1.29, 1.82) is 0 Å². The average Bonchev–Trinajstić information content (AvgIpc) is 3.25. The third kappa shape index (κ3) is 4.70. The third-order valence-corrected chi connectivity index (χ3v) is 4.16. The van der Waals surface area contributed by atoms with Crippen molar-refractivity contribution >= 4 is 17.2 Å². The van der Waals surface area contributed by atoms with E-state index in [1.807, 2.05) is 20.8 Å². The SMILES string of the molecule is CC(C)(C)NC(=O)c1ncn(Cc2ccc(-c3noc(C(F)(F)F)n3)s2)n1. The summed E-state index contributed by atoms with van der Waals surface area (Å²) in [7, 11) is 0. The normalized spacial score (nSPS) is 12.4. The number of rotatable bonds is 4. The summed E-state index contributed by atoms with van der Waals surface area (Å²) < 4.78 is 43.3. The van der Waals surface area contributed by atoms with Gasteiger partial charge in [-0.05, 0) is 32.9 Å². The first kappa shape index (κ1) is 19.0. The fourth-order valence-electron chi connectivity index (χ4n) is 2.05. The zero-order valence-electron chi connectivity index (χ0n) is 14.5. The van der Waals surface area contributed by atoms with Crippen molar-refractivity contribution in [2.75, 3.05) is 0 Å². The minimum atomic E-state index is -4.68. The van der Waals surface area contributed by atoms with Crippen molar-refractivity contribution in [1.82, 2.24) is 30.2 Å². The van der Waals surface area contributed by atoms with Crippen LogP contribution in [-0.4, -0.2) is 36.4 Å². The van der Waals surface area contributed by atoms with Gasteiger partial charge >= 0.3 is 12.1 Å². The molecule has 144 valence electrons. The molecule has 0 aliphatic carbocycles. The summed E-state index contributed by atoms with van der Waals surface area (Å²) in [4.78, 5) is 20.6. The predicted molar refractivity (Wildman–Crippen MR) is 89.0 cm³/mol. The minimum absolute atomic E-state index is 0.0368. The average molecular weight is 400 g/mol. The number of amides is 1. The fourth-order valence-corrected chi connectivity index (χ4v) is 2.98. The minimum Gasteiger partial charge on any atom is -0.345 e. The lowest BCUT2D eigenvalue weighted by Crippen LogP contribution is -2.41. The molecule has 12 heteroatoms. The van der Waals surface area contributed by atoms with Crippen LogP contribution in [0.2, 0.25) is 0 Å². The van der Waals surface area contributed by atoms with E-state index in [-0.39, 0.29) is 17.6 Å². The molecule has 1 N–H and O–H groups in total. The van der Waals surface area contributed by atoms with Gasteiger partial charge in [-0.25, -0.2) is 9.67 Å². The van der Waals surface area contributed by atoms with Crippen LogP contribution < -0.4 is 5.32 Å². The molecule has 0 fully saturated rings. The molecule has 0 radical (unpaired) electrons. The third-order valence-electron chi connectivity index (χ3n) is 3.10. The summed E-state index contributed by atoms with van der Waals surface area (Å²) in [6.07, 6.45) is -3.27. The molecule has 0 atom stereocenters. The van der Waals surface area contributed by atoms with Gasteiger partial charge in [0.15, 0.2) is 0 Å². The van der Waals surface area contributed by atoms with E-state index >= 15 is 0 Å². The Hall–Kier alpha value is -2.76. The summed E-state index contributed by atoms with van der Waals surface area (Å²) in [6.45, 7) is 5.83. The summed E-state index contributed by atoms with van der Waals surface area (Å²) in [5.41, 5.74) is -0.412. The van der Waals surface area contributed by atoms with Crippen LogP contribution in [0.1, 0.15) is 42.2 Å². The summed E-state index contributed by atoms with van der Waals surface area (Å²) >= 11 is 1.19. The Bertz CT molecular complexity index is 953. The Labute approximate surface area is 155 Å². The molecular weight excluding hydrogens is 385 g/mol. The Morgan fingerprint density at radius 2 is 2.04 bits per heavy atom. The van der Waals surface area contributed by atoms with Crippen molar-refractivity contribution in [2.24, 2.45) is 0 Å². The van der Waals surface area contributed by atoms with E-state index in [1.54, 1.807) is 12.1 Å². The second kappa shape index (κ2) is 6.76. The van der Waals surface area contributed by atoms with Gasteiger partial charge in [0, 0.05) is 10.4 Å². The van der Waals surface area contributed by atoms with Crippen molar-refractivity contribution in [3.63, 3.8) is 0 Å². The van der Waals surface area contributed by atoms with Crippen LogP contribution in [0.4, 0.5) is 13.2 Å². The monoisotopic (exact) mass is 400 g/mol. The number of aromatic nitrogens is 5. The molecule has 0 saturated carbocycles. The van der Waals surface area contributed by atoms with Gasteiger partial charge in [0.2, 0.25) is 11.6 Å². The van der Waals surface area contributed by atoms with Gasteiger partial charge in [0.05, 0.1) is 11.4 Å². The number of carbonyl (C=O) groups excluding carboxylic acids is 1. The molecule has 27 heavy (non-hydrogen) atoms.